The van der Waals surface area contributed by atoms with E-state index in [2.05, 4.69) is 5.43 Å². The average molecular weight is 450 g/mol. The summed E-state index contributed by atoms with van der Waals surface area (Å²) in [6.45, 7) is 12.1. The molecule has 2 amide bonds. The number of carbonyl (C=O) groups is 2. The van der Waals surface area contributed by atoms with Crippen molar-refractivity contribution in [1.29, 1.82) is 0 Å². The molecule has 0 radical (unpaired) electrons. The molecule has 10 heteroatoms. The van der Waals surface area contributed by atoms with Crippen LogP contribution in [0.5, 0.6) is 0 Å². The van der Waals surface area contributed by atoms with Gasteiger partial charge in [0, 0.05) is 17.4 Å². The van der Waals surface area contributed by atoms with Gasteiger partial charge in [-0.25, -0.2) is 19.4 Å². The molecule has 2 N–H and O–H groups in total. The van der Waals surface area contributed by atoms with Crippen LogP contribution in [0.2, 0.25) is 0 Å². The number of rotatable bonds is 4. The third kappa shape index (κ3) is 6.88. The van der Waals surface area contributed by atoms with Crippen LogP contribution in [0, 0.1) is 5.82 Å². The quantitative estimate of drug-likeness (QED) is 0.530. The topological polar surface area (TPSA) is 97.3 Å². The van der Waals surface area contributed by atoms with Crippen molar-refractivity contribution in [1.82, 2.24) is 10.4 Å². The maximum atomic E-state index is 13.9. The number of hydrogen-bond donors (Lipinski definition) is 2. The summed E-state index contributed by atoms with van der Waals surface area (Å²) >= 11 is 0. The standard InChI is InChI=1S/C22H32BFN2O6/c1-8-9-10-17-18(15-12-11-14(24)13-16(15)23(29)32-17)26(20(28)31-22(5,6)7)25-19(27)30-21(2,3)4/h11-13,29H,8-10H2,1-7H3,(H,25,27). The fourth-order valence-corrected chi connectivity index (χ4v) is 3.01. The van der Waals surface area contributed by atoms with Crippen molar-refractivity contribution in [2.75, 3.05) is 0 Å². The number of unbranched alkanes of at least 4 members (excludes halogenated alkanes) is 1. The number of nitrogens with one attached hydrogen (secondary N) is 1. The van der Waals surface area contributed by atoms with E-state index in [9.17, 15) is 19.0 Å². The zero-order valence-electron chi connectivity index (χ0n) is 19.7. The molecule has 1 aromatic carbocycles. The van der Waals surface area contributed by atoms with Crippen molar-refractivity contribution in [2.24, 2.45) is 0 Å². The lowest BCUT2D eigenvalue weighted by Gasteiger charge is -2.34. The van der Waals surface area contributed by atoms with Crippen LogP contribution in [0.1, 0.15) is 73.3 Å². The van der Waals surface area contributed by atoms with E-state index < -0.39 is 36.3 Å². The van der Waals surface area contributed by atoms with Gasteiger partial charge in [-0.3, -0.25) is 0 Å². The van der Waals surface area contributed by atoms with Gasteiger partial charge in [0.2, 0.25) is 0 Å². The Morgan fingerprint density at radius 3 is 2.34 bits per heavy atom. The minimum absolute atomic E-state index is 0.125. The van der Waals surface area contributed by atoms with Gasteiger partial charge in [0.05, 0.1) is 0 Å². The van der Waals surface area contributed by atoms with E-state index in [0.29, 0.717) is 18.4 Å². The molecule has 0 aromatic heterocycles. The molecule has 1 heterocycles. The Morgan fingerprint density at radius 1 is 1.16 bits per heavy atom. The number of hydrazine groups is 1. The van der Waals surface area contributed by atoms with Crippen LogP contribution in [-0.4, -0.2) is 40.5 Å². The van der Waals surface area contributed by atoms with Crippen LogP contribution in [0.25, 0.3) is 5.70 Å². The van der Waals surface area contributed by atoms with Gasteiger partial charge < -0.3 is 19.2 Å². The smallest absolute Gasteiger partial charge is 0.534 e. The van der Waals surface area contributed by atoms with Gasteiger partial charge in [-0.15, -0.1) is 0 Å². The monoisotopic (exact) mass is 450 g/mol. The Balaban J connectivity index is 2.61. The van der Waals surface area contributed by atoms with Gasteiger partial charge in [-0.1, -0.05) is 19.4 Å². The summed E-state index contributed by atoms with van der Waals surface area (Å²) in [6.07, 6.45) is 0.104. The molecule has 32 heavy (non-hydrogen) atoms. The summed E-state index contributed by atoms with van der Waals surface area (Å²) in [5, 5.41) is 11.3. The normalized spacial score (nSPS) is 13.8. The molecule has 0 saturated carbocycles. The van der Waals surface area contributed by atoms with E-state index in [1.807, 2.05) is 6.92 Å². The summed E-state index contributed by atoms with van der Waals surface area (Å²) < 4.78 is 30.4. The van der Waals surface area contributed by atoms with Crippen molar-refractivity contribution < 1.29 is 33.1 Å². The molecule has 0 atom stereocenters. The molecule has 0 saturated heterocycles. The summed E-state index contributed by atoms with van der Waals surface area (Å²) in [7, 11) is -1.42. The molecule has 0 bridgehead atoms. The Bertz CT molecular complexity index is 891. The van der Waals surface area contributed by atoms with E-state index in [0.717, 1.165) is 17.5 Å². The molecular formula is C22H32BFN2O6. The summed E-state index contributed by atoms with van der Waals surface area (Å²) in [5.41, 5.74) is 1.35. The number of benzene rings is 1. The first-order valence-electron chi connectivity index (χ1n) is 10.6. The fourth-order valence-electron chi connectivity index (χ4n) is 3.01. The van der Waals surface area contributed by atoms with E-state index in [4.69, 9.17) is 14.1 Å². The SMILES string of the molecule is CCCCC1=C(N(NC(=O)OC(C)(C)C)C(=O)OC(C)(C)C)c2ccc(F)cc2B(O)O1. The zero-order valence-corrected chi connectivity index (χ0v) is 19.7. The zero-order chi connectivity index (χ0) is 24.3. The number of amides is 2. The Morgan fingerprint density at radius 2 is 1.78 bits per heavy atom. The molecule has 8 nitrogen and oxygen atoms in total. The van der Waals surface area contributed by atoms with Crippen molar-refractivity contribution >= 4 is 30.5 Å². The number of allylic oxidation sites excluding steroid dienone is 1. The Hall–Kier alpha value is -2.75. The molecular weight excluding hydrogens is 418 g/mol. The van der Waals surface area contributed by atoms with E-state index in [-0.39, 0.29) is 16.9 Å². The molecule has 1 aliphatic heterocycles. The number of ether oxygens (including phenoxy) is 2. The second-order valence-electron chi connectivity index (χ2n) is 9.51. The highest BCUT2D eigenvalue weighted by atomic mass is 19.1. The Kier molecular flexibility index (Phi) is 7.82. The minimum atomic E-state index is -1.42. The van der Waals surface area contributed by atoms with Gasteiger partial charge in [-0.2, -0.15) is 5.01 Å². The van der Waals surface area contributed by atoms with Crippen molar-refractivity contribution in [3.63, 3.8) is 0 Å². The summed E-state index contributed by atoms with van der Waals surface area (Å²) in [6, 6.07) is 3.75. The fraction of sp³-hybridized carbons (Fsp3) is 0.545. The third-order valence-electron chi connectivity index (χ3n) is 4.21. The van der Waals surface area contributed by atoms with Crippen LogP contribution >= 0.6 is 0 Å². The minimum Gasteiger partial charge on any atom is -0.534 e. The van der Waals surface area contributed by atoms with Crippen LogP contribution in [0.4, 0.5) is 14.0 Å². The van der Waals surface area contributed by atoms with Gasteiger partial charge in [0.25, 0.3) is 0 Å². The average Bonchev–Trinajstić information content (AvgIpc) is 2.62. The first-order valence-corrected chi connectivity index (χ1v) is 10.6. The Labute approximate surface area is 188 Å². The van der Waals surface area contributed by atoms with Crippen LogP contribution in [0.15, 0.2) is 24.0 Å². The molecule has 1 aromatic rings. The highest BCUT2D eigenvalue weighted by Crippen LogP contribution is 2.31. The van der Waals surface area contributed by atoms with Crippen molar-refractivity contribution in [3.05, 3.63) is 35.3 Å². The second-order valence-corrected chi connectivity index (χ2v) is 9.51. The number of nitrogens with zero attached hydrogens (tertiary/aromatic N) is 1. The molecule has 0 aliphatic carbocycles. The van der Waals surface area contributed by atoms with Gasteiger partial charge in [0.15, 0.2) is 0 Å². The molecule has 176 valence electrons. The number of fused-ring (bicyclic) bond motifs is 1. The van der Waals surface area contributed by atoms with Gasteiger partial charge >= 0.3 is 19.3 Å². The largest absolute Gasteiger partial charge is 0.560 e. The first-order chi connectivity index (χ1) is 14.7. The van der Waals surface area contributed by atoms with Gasteiger partial charge in [0.1, 0.15) is 28.5 Å². The van der Waals surface area contributed by atoms with E-state index in [1.165, 1.54) is 12.1 Å². The number of hydrogen-bond acceptors (Lipinski definition) is 6. The molecule has 0 spiro atoms. The summed E-state index contributed by atoms with van der Waals surface area (Å²) in [4.78, 5) is 25.7. The highest BCUT2D eigenvalue weighted by molar-refractivity contribution is 6.62. The van der Waals surface area contributed by atoms with Gasteiger partial charge in [-0.05, 0) is 60.1 Å². The van der Waals surface area contributed by atoms with Crippen LogP contribution in [-0.2, 0) is 14.1 Å². The predicted molar refractivity (Wildman–Crippen MR) is 119 cm³/mol. The summed E-state index contributed by atoms with van der Waals surface area (Å²) in [5.74, 6) is -0.313. The lowest BCUT2D eigenvalue weighted by atomic mass is 9.73. The van der Waals surface area contributed by atoms with Crippen molar-refractivity contribution in [2.45, 2.75) is 78.9 Å². The van der Waals surface area contributed by atoms with Crippen LogP contribution < -0.4 is 10.9 Å². The molecule has 0 unspecified atom stereocenters. The lowest BCUT2D eigenvalue weighted by Crippen LogP contribution is -2.51. The second kappa shape index (κ2) is 9.81. The number of halogens is 1. The molecule has 2 rings (SSSR count). The van der Waals surface area contributed by atoms with Crippen molar-refractivity contribution in [3.8, 4) is 0 Å². The number of carbonyl (C=O) groups excluding carboxylic acids is 2. The molecule has 1 aliphatic rings. The van der Waals surface area contributed by atoms with Crippen LogP contribution in [0.3, 0.4) is 0 Å². The molecule has 0 fully saturated rings. The third-order valence-corrected chi connectivity index (χ3v) is 4.21. The van der Waals surface area contributed by atoms with E-state index in [1.54, 1.807) is 41.5 Å². The maximum absolute atomic E-state index is 13.9. The lowest BCUT2D eigenvalue weighted by molar-refractivity contribution is 0.0138. The highest BCUT2D eigenvalue weighted by Gasteiger charge is 2.39. The maximum Gasteiger partial charge on any atom is 0.560 e. The predicted octanol–water partition coefficient (Wildman–Crippen LogP) is 4.08. The first kappa shape index (κ1) is 25.5. The van der Waals surface area contributed by atoms with E-state index >= 15 is 0 Å².